The van der Waals surface area contributed by atoms with E-state index in [2.05, 4.69) is 35.1 Å². The largest absolute Gasteiger partial charge is 0.483 e. The monoisotopic (exact) mass is 429 g/mol. The van der Waals surface area contributed by atoms with Crippen molar-refractivity contribution in [1.29, 1.82) is 0 Å². The molecule has 0 aliphatic carbocycles. The molecule has 0 heterocycles. The lowest BCUT2D eigenvalue weighted by Crippen LogP contribution is -2.20. The third-order valence-electron chi connectivity index (χ3n) is 3.48. The van der Waals surface area contributed by atoms with Gasteiger partial charge in [-0.15, -0.1) is 0 Å². The molecular weight excluding hydrogens is 413 g/mol. The highest BCUT2D eigenvalue weighted by molar-refractivity contribution is 9.10. The van der Waals surface area contributed by atoms with Gasteiger partial charge in [-0.2, -0.15) is 0 Å². The van der Waals surface area contributed by atoms with Gasteiger partial charge in [0.2, 0.25) is 0 Å². The van der Waals surface area contributed by atoms with Crippen molar-refractivity contribution < 1.29 is 9.53 Å². The van der Waals surface area contributed by atoms with Gasteiger partial charge in [0.05, 0.1) is 10.7 Å². The molecular formula is C18H18BrCl2NO2. The first kappa shape index (κ1) is 19.1. The molecule has 1 N–H and O–H groups in total. The van der Waals surface area contributed by atoms with Gasteiger partial charge < -0.3 is 10.1 Å². The molecule has 0 fully saturated rings. The number of ether oxygens (including phenoxy) is 1. The van der Waals surface area contributed by atoms with Gasteiger partial charge in [0.25, 0.3) is 5.91 Å². The van der Waals surface area contributed by atoms with E-state index in [1.54, 1.807) is 18.2 Å². The van der Waals surface area contributed by atoms with E-state index >= 15 is 0 Å². The third kappa shape index (κ3) is 4.88. The van der Waals surface area contributed by atoms with Crippen LogP contribution in [0.4, 0.5) is 5.69 Å². The Morgan fingerprint density at radius 3 is 2.58 bits per heavy atom. The van der Waals surface area contributed by atoms with Crippen molar-refractivity contribution >= 4 is 50.7 Å². The molecule has 0 saturated heterocycles. The van der Waals surface area contributed by atoms with Gasteiger partial charge in [0.1, 0.15) is 5.75 Å². The molecule has 2 aromatic rings. The van der Waals surface area contributed by atoms with Gasteiger partial charge >= 0.3 is 0 Å². The number of benzene rings is 2. The molecule has 2 aromatic carbocycles. The maximum atomic E-state index is 12.1. The summed E-state index contributed by atoms with van der Waals surface area (Å²) in [6, 6.07) is 8.87. The number of anilines is 1. The zero-order valence-corrected chi connectivity index (χ0v) is 16.7. The van der Waals surface area contributed by atoms with Gasteiger partial charge in [-0.25, -0.2) is 0 Å². The minimum Gasteiger partial charge on any atom is -0.483 e. The molecule has 0 unspecified atom stereocenters. The zero-order valence-electron chi connectivity index (χ0n) is 13.6. The van der Waals surface area contributed by atoms with Crippen molar-refractivity contribution in [3.8, 4) is 5.75 Å². The number of hydrogen-bond donors (Lipinski definition) is 1. The molecule has 0 aromatic heterocycles. The van der Waals surface area contributed by atoms with Gasteiger partial charge in [-0.05, 0) is 54.3 Å². The number of rotatable bonds is 5. The maximum absolute atomic E-state index is 12.1. The van der Waals surface area contributed by atoms with Crippen LogP contribution in [0.15, 0.2) is 34.8 Å². The summed E-state index contributed by atoms with van der Waals surface area (Å²) in [5, 5.41) is 3.62. The summed E-state index contributed by atoms with van der Waals surface area (Å²) in [6.07, 6.45) is 0. The first-order valence-electron chi connectivity index (χ1n) is 7.45. The van der Waals surface area contributed by atoms with E-state index in [-0.39, 0.29) is 18.4 Å². The lowest BCUT2D eigenvalue weighted by molar-refractivity contribution is -0.118. The Morgan fingerprint density at radius 2 is 1.96 bits per heavy atom. The predicted octanol–water partition coefficient (Wildman–Crippen LogP) is 6.21. The van der Waals surface area contributed by atoms with Gasteiger partial charge in [-0.1, -0.05) is 53.0 Å². The van der Waals surface area contributed by atoms with Gasteiger partial charge in [-0.3, -0.25) is 4.79 Å². The van der Waals surface area contributed by atoms with E-state index in [1.165, 1.54) is 0 Å². The number of carbonyl (C=O) groups excluding carboxylic acids is 1. The van der Waals surface area contributed by atoms with Crippen molar-refractivity contribution in [1.82, 2.24) is 0 Å². The zero-order chi connectivity index (χ0) is 17.9. The maximum Gasteiger partial charge on any atom is 0.262 e. The third-order valence-corrected chi connectivity index (χ3v) is 4.88. The first-order chi connectivity index (χ1) is 11.3. The Hall–Kier alpha value is -1.23. The van der Waals surface area contributed by atoms with Crippen molar-refractivity contribution in [2.45, 2.75) is 26.7 Å². The number of amides is 1. The smallest absolute Gasteiger partial charge is 0.262 e. The summed E-state index contributed by atoms with van der Waals surface area (Å²) < 4.78 is 6.75. The summed E-state index contributed by atoms with van der Waals surface area (Å²) >= 11 is 15.4. The standard InChI is InChI=1S/C18H18BrCl2NO2/c1-10(2)13-8-14(19)11(3)6-17(13)24-9-18(23)22-16-5-4-12(20)7-15(16)21/h4-8,10H,9H2,1-3H3,(H,22,23). The van der Waals surface area contributed by atoms with E-state index in [0.717, 1.165) is 15.6 Å². The van der Waals surface area contributed by atoms with Crippen LogP contribution in [0.25, 0.3) is 0 Å². The van der Waals surface area contributed by atoms with Crippen LogP contribution in [0.3, 0.4) is 0 Å². The van der Waals surface area contributed by atoms with Crippen molar-refractivity contribution in [2.75, 3.05) is 11.9 Å². The van der Waals surface area contributed by atoms with Crippen molar-refractivity contribution in [3.63, 3.8) is 0 Å². The van der Waals surface area contributed by atoms with Crippen LogP contribution in [0, 0.1) is 6.92 Å². The fraction of sp³-hybridized carbons (Fsp3) is 0.278. The van der Waals surface area contributed by atoms with Gasteiger partial charge in [0.15, 0.2) is 6.61 Å². The normalized spacial score (nSPS) is 10.8. The Morgan fingerprint density at radius 1 is 1.25 bits per heavy atom. The number of halogens is 3. The molecule has 0 aliphatic heterocycles. The lowest BCUT2D eigenvalue weighted by atomic mass is 10.0. The summed E-state index contributed by atoms with van der Waals surface area (Å²) in [4.78, 5) is 12.1. The fourth-order valence-electron chi connectivity index (χ4n) is 2.17. The van der Waals surface area contributed by atoms with Gasteiger partial charge in [0, 0.05) is 9.50 Å². The van der Waals surface area contributed by atoms with Crippen LogP contribution in [0.2, 0.25) is 10.0 Å². The molecule has 1 amide bonds. The van der Waals surface area contributed by atoms with E-state index in [1.807, 2.05) is 19.1 Å². The molecule has 6 heteroatoms. The molecule has 3 nitrogen and oxygen atoms in total. The quantitative estimate of drug-likeness (QED) is 0.612. The second-order valence-corrected chi connectivity index (χ2v) is 7.45. The highest BCUT2D eigenvalue weighted by Gasteiger charge is 2.13. The molecule has 0 aliphatic rings. The Balaban J connectivity index is 2.07. The summed E-state index contributed by atoms with van der Waals surface area (Å²) in [7, 11) is 0. The molecule has 0 atom stereocenters. The average molecular weight is 431 g/mol. The first-order valence-corrected chi connectivity index (χ1v) is 9.00. The van der Waals surface area contributed by atoms with Crippen LogP contribution in [0.1, 0.15) is 30.9 Å². The Kier molecular flexibility index (Phi) is 6.55. The molecule has 0 spiro atoms. The Labute approximate surface area is 160 Å². The van der Waals surface area contributed by atoms with E-state index in [4.69, 9.17) is 27.9 Å². The fourth-order valence-corrected chi connectivity index (χ4v) is 2.98. The molecule has 24 heavy (non-hydrogen) atoms. The number of aryl methyl sites for hydroxylation is 1. The predicted molar refractivity (Wildman–Crippen MR) is 104 cm³/mol. The lowest BCUT2D eigenvalue weighted by Gasteiger charge is -2.16. The van der Waals surface area contributed by atoms with Crippen LogP contribution in [-0.2, 0) is 4.79 Å². The highest BCUT2D eigenvalue weighted by Crippen LogP contribution is 2.32. The summed E-state index contributed by atoms with van der Waals surface area (Å²) in [5.74, 6) is 0.711. The van der Waals surface area contributed by atoms with Crippen LogP contribution in [0.5, 0.6) is 5.75 Å². The molecule has 2 rings (SSSR count). The highest BCUT2D eigenvalue weighted by atomic mass is 79.9. The van der Waals surface area contributed by atoms with Crippen molar-refractivity contribution in [3.05, 3.63) is 56.0 Å². The second kappa shape index (κ2) is 8.24. The molecule has 0 saturated carbocycles. The Bertz CT molecular complexity index is 763. The SMILES string of the molecule is Cc1cc(OCC(=O)Nc2ccc(Cl)cc2Cl)c(C(C)C)cc1Br. The second-order valence-electron chi connectivity index (χ2n) is 5.75. The molecule has 0 radical (unpaired) electrons. The van der Waals surface area contributed by atoms with E-state index < -0.39 is 0 Å². The van der Waals surface area contributed by atoms with Crippen molar-refractivity contribution in [2.24, 2.45) is 0 Å². The minimum atomic E-state index is -0.283. The minimum absolute atomic E-state index is 0.0975. The van der Waals surface area contributed by atoms with E-state index in [9.17, 15) is 4.79 Å². The molecule has 0 bridgehead atoms. The van der Waals surface area contributed by atoms with Crippen LogP contribution < -0.4 is 10.1 Å². The average Bonchev–Trinajstić information content (AvgIpc) is 2.50. The number of carbonyl (C=O) groups is 1. The summed E-state index contributed by atoms with van der Waals surface area (Å²) in [6.45, 7) is 6.05. The van der Waals surface area contributed by atoms with Crippen LogP contribution >= 0.6 is 39.1 Å². The topological polar surface area (TPSA) is 38.3 Å². The number of nitrogens with one attached hydrogen (secondary N) is 1. The number of hydrogen-bond acceptors (Lipinski definition) is 2. The summed E-state index contributed by atoms with van der Waals surface area (Å²) in [5.41, 5.74) is 2.60. The van der Waals surface area contributed by atoms with Crippen LogP contribution in [-0.4, -0.2) is 12.5 Å². The van der Waals surface area contributed by atoms with E-state index in [0.29, 0.717) is 21.5 Å². The molecule has 128 valence electrons.